The summed E-state index contributed by atoms with van der Waals surface area (Å²) in [6.45, 7) is 3.99. The van der Waals surface area contributed by atoms with E-state index in [1.54, 1.807) is 11.9 Å². The number of likely N-dealkylation sites (N-methyl/N-ethyl adjacent to an activating group) is 1. The van der Waals surface area contributed by atoms with Crippen molar-refractivity contribution in [1.29, 1.82) is 0 Å². The Bertz CT molecular complexity index is 377. The first-order valence-corrected chi connectivity index (χ1v) is 6.62. The van der Waals surface area contributed by atoms with E-state index in [2.05, 4.69) is 5.32 Å². The van der Waals surface area contributed by atoms with Crippen molar-refractivity contribution in [2.24, 2.45) is 0 Å². The van der Waals surface area contributed by atoms with Gasteiger partial charge in [-0.1, -0.05) is 0 Å². The second kappa shape index (κ2) is 6.01. The van der Waals surface area contributed by atoms with Crippen LogP contribution in [0, 0.1) is 0 Å². The number of amides is 3. The van der Waals surface area contributed by atoms with Crippen LogP contribution in [0.15, 0.2) is 0 Å². The van der Waals surface area contributed by atoms with Crippen molar-refractivity contribution in [2.75, 3.05) is 52.9 Å². The van der Waals surface area contributed by atoms with E-state index in [4.69, 9.17) is 0 Å². The second-order valence-electron chi connectivity index (χ2n) is 4.94. The summed E-state index contributed by atoms with van der Waals surface area (Å²) in [6.07, 6.45) is 0.918. The van der Waals surface area contributed by atoms with Gasteiger partial charge in [0.25, 0.3) is 0 Å². The van der Waals surface area contributed by atoms with Gasteiger partial charge in [0.2, 0.25) is 5.91 Å². The molecule has 0 radical (unpaired) electrons. The van der Waals surface area contributed by atoms with Crippen LogP contribution in [0.3, 0.4) is 0 Å². The average Bonchev–Trinajstić information content (AvgIpc) is 2.68. The molecule has 0 aliphatic carbocycles. The first kappa shape index (κ1) is 13.8. The van der Waals surface area contributed by atoms with E-state index in [9.17, 15) is 14.4 Å². The van der Waals surface area contributed by atoms with Crippen LogP contribution in [0.4, 0.5) is 0 Å². The van der Waals surface area contributed by atoms with E-state index in [0.717, 1.165) is 19.5 Å². The number of piperazine rings is 1. The van der Waals surface area contributed by atoms with Gasteiger partial charge in [-0.05, 0) is 13.0 Å². The summed E-state index contributed by atoms with van der Waals surface area (Å²) < 4.78 is 0. The average molecular weight is 268 g/mol. The molecule has 2 aliphatic heterocycles. The van der Waals surface area contributed by atoms with Gasteiger partial charge in [-0.3, -0.25) is 14.4 Å². The third kappa shape index (κ3) is 3.23. The molecule has 0 bridgehead atoms. The van der Waals surface area contributed by atoms with Gasteiger partial charge >= 0.3 is 11.8 Å². The van der Waals surface area contributed by atoms with Crippen molar-refractivity contribution in [2.45, 2.75) is 6.42 Å². The maximum Gasteiger partial charge on any atom is 0.312 e. The van der Waals surface area contributed by atoms with Crippen molar-refractivity contribution in [3.05, 3.63) is 0 Å². The van der Waals surface area contributed by atoms with Gasteiger partial charge in [0.05, 0.1) is 0 Å². The Morgan fingerprint density at radius 1 is 1.11 bits per heavy atom. The highest BCUT2D eigenvalue weighted by molar-refractivity contribution is 6.35. The molecule has 2 saturated heterocycles. The zero-order valence-corrected chi connectivity index (χ0v) is 11.2. The smallest absolute Gasteiger partial charge is 0.312 e. The molecule has 0 unspecified atom stereocenters. The molecule has 106 valence electrons. The van der Waals surface area contributed by atoms with Gasteiger partial charge in [-0.15, -0.1) is 0 Å². The molecule has 0 aromatic heterocycles. The van der Waals surface area contributed by atoms with Crippen molar-refractivity contribution in [3.63, 3.8) is 0 Å². The zero-order chi connectivity index (χ0) is 13.8. The normalized spacial score (nSPS) is 21.6. The molecule has 2 rings (SSSR count). The van der Waals surface area contributed by atoms with Gasteiger partial charge < -0.3 is 20.0 Å². The fourth-order valence-corrected chi connectivity index (χ4v) is 2.28. The fourth-order valence-electron chi connectivity index (χ4n) is 2.28. The molecule has 2 fully saturated rings. The Morgan fingerprint density at radius 3 is 2.68 bits per heavy atom. The van der Waals surface area contributed by atoms with Gasteiger partial charge in [0.15, 0.2) is 0 Å². The van der Waals surface area contributed by atoms with Crippen molar-refractivity contribution < 1.29 is 14.4 Å². The molecule has 2 heterocycles. The maximum atomic E-state index is 12.1. The first-order chi connectivity index (χ1) is 9.09. The van der Waals surface area contributed by atoms with Crippen LogP contribution in [0.2, 0.25) is 0 Å². The lowest BCUT2D eigenvalue weighted by Crippen LogP contribution is -2.55. The van der Waals surface area contributed by atoms with E-state index in [0.29, 0.717) is 26.2 Å². The van der Waals surface area contributed by atoms with Crippen molar-refractivity contribution in [1.82, 2.24) is 20.0 Å². The predicted octanol–water partition coefficient (Wildman–Crippen LogP) is -1.89. The van der Waals surface area contributed by atoms with Gasteiger partial charge in [0.1, 0.15) is 6.54 Å². The molecule has 0 atom stereocenters. The van der Waals surface area contributed by atoms with Crippen LogP contribution < -0.4 is 5.32 Å². The number of carbonyl (C=O) groups is 3. The Balaban J connectivity index is 1.91. The fraction of sp³-hybridized carbons (Fsp3) is 0.750. The number of hydrogen-bond acceptors (Lipinski definition) is 4. The minimum atomic E-state index is -0.574. The SMILES string of the molecule is CN1CCN(CC(=O)N2CCCNCC2)C(=O)C1=O. The van der Waals surface area contributed by atoms with Crippen molar-refractivity contribution >= 4 is 17.7 Å². The van der Waals surface area contributed by atoms with Gasteiger partial charge in [-0.2, -0.15) is 0 Å². The summed E-state index contributed by atoms with van der Waals surface area (Å²) in [7, 11) is 1.60. The molecule has 0 spiro atoms. The highest BCUT2D eigenvalue weighted by atomic mass is 16.2. The minimum Gasteiger partial charge on any atom is -0.340 e. The first-order valence-electron chi connectivity index (χ1n) is 6.62. The number of carbonyl (C=O) groups excluding carboxylic acids is 3. The Kier molecular flexibility index (Phi) is 4.36. The largest absolute Gasteiger partial charge is 0.340 e. The topological polar surface area (TPSA) is 73.0 Å². The second-order valence-corrected chi connectivity index (χ2v) is 4.94. The monoisotopic (exact) mass is 268 g/mol. The molecular weight excluding hydrogens is 248 g/mol. The molecule has 7 heteroatoms. The Morgan fingerprint density at radius 2 is 1.89 bits per heavy atom. The summed E-state index contributed by atoms with van der Waals surface area (Å²) in [5, 5.41) is 3.22. The van der Waals surface area contributed by atoms with Crippen LogP contribution in [0.25, 0.3) is 0 Å². The molecule has 0 aromatic rings. The summed E-state index contributed by atoms with van der Waals surface area (Å²) in [5.41, 5.74) is 0. The van der Waals surface area contributed by atoms with E-state index in [1.165, 1.54) is 9.80 Å². The Hall–Kier alpha value is -1.63. The maximum absolute atomic E-state index is 12.1. The van der Waals surface area contributed by atoms with E-state index in [1.807, 2.05) is 0 Å². The molecule has 0 aromatic carbocycles. The molecule has 0 saturated carbocycles. The summed E-state index contributed by atoms with van der Waals surface area (Å²) >= 11 is 0. The molecule has 7 nitrogen and oxygen atoms in total. The van der Waals surface area contributed by atoms with Crippen LogP contribution in [0.1, 0.15) is 6.42 Å². The zero-order valence-electron chi connectivity index (χ0n) is 11.2. The Labute approximate surface area is 112 Å². The van der Waals surface area contributed by atoms with Crippen molar-refractivity contribution in [3.8, 4) is 0 Å². The standard InChI is InChI=1S/C12H20N4O3/c1-14-7-8-16(12(19)11(14)18)9-10(17)15-5-2-3-13-4-6-15/h13H,2-9H2,1H3. The molecule has 1 N–H and O–H groups in total. The third-order valence-electron chi connectivity index (χ3n) is 3.54. The van der Waals surface area contributed by atoms with Gasteiger partial charge in [-0.25, -0.2) is 0 Å². The number of hydrogen-bond donors (Lipinski definition) is 1. The van der Waals surface area contributed by atoms with Crippen LogP contribution in [0.5, 0.6) is 0 Å². The lowest BCUT2D eigenvalue weighted by molar-refractivity contribution is -0.156. The number of nitrogens with one attached hydrogen (secondary N) is 1. The highest BCUT2D eigenvalue weighted by Crippen LogP contribution is 2.05. The molecule has 2 aliphatic rings. The lowest BCUT2D eigenvalue weighted by atomic mass is 10.3. The van der Waals surface area contributed by atoms with Crippen LogP contribution in [-0.2, 0) is 14.4 Å². The summed E-state index contributed by atoms with van der Waals surface area (Å²) in [4.78, 5) is 40.0. The molecule has 19 heavy (non-hydrogen) atoms. The van der Waals surface area contributed by atoms with E-state index >= 15 is 0 Å². The number of rotatable bonds is 2. The number of nitrogens with zero attached hydrogens (tertiary/aromatic N) is 3. The van der Waals surface area contributed by atoms with E-state index < -0.39 is 11.8 Å². The van der Waals surface area contributed by atoms with E-state index in [-0.39, 0.29) is 12.5 Å². The quantitative estimate of drug-likeness (QED) is 0.594. The van der Waals surface area contributed by atoms with Gasteiger partial charge in [0, 0.05) is 39.8 Å². The predicted molar refractivity (Wildman–Crippen MR) is 68.3 cm³/mol. The highest BCUT2D eigenvalue weighted by Gasteiger charge is 2.32. The summed E-state index contributed by atoms with van der Waals surface area (Å²) in [5.74, 6) is -1.18. The third-order valence-corrected chi connectivity index (χ3v) is 3.54. The molecule has 3 amide bonds. The van der Waals surface area contributed by atoms with Crippen LogP contribution in [-0.4, -0.2) is 85.3 Å². The summed E-state index contributed by atoms with van der Waals surface area (Å²) in [6, 6.07) is 0. The minimum absolute atomic E-state index is 0.0123. The lowest BCUT2D eigenvalue weighted by Gasteiger charge is -2.32. The molecular formula is C12H20N4O3. The van der Waals surface area contributed by atoms with Crippen LogP contribution >= 0.6 is 0 Å².